The SMILES string of the molecule is O=c1[nH]c2c(c(=O)[nH]1)[C@H](c1cc([N+](=O)[O-])ccc1N1CCOCC1)O2. The van der Waals surface area contributed by atoms with Crippen LogP contribution in [0.3, 0.4) is 0 Å². The number of nitro groups is 1. The number of hydrogen-bond donors (Lipinski definition) is 2. The summed E-state index contributed by atoms with van der Waals surface area (Å²) in [5.74, 6) is 0.0955. The summed E-state index contributed by atoms with van der Waals surface area (Å²) >= 11 is 0. The van der Waals surface area contributed by atoms with E-state index >= 15 is 0 Å². The van der Waals surface area contributed by atoms with Gasteiger partial charge in [-0.1, -0.05) is 0 Å². The third kappa shape index (κ3) is 2.56. The van der Waals surface area contributed by atoms with Crippen molar-refractivity contribution >= 4 is 11.4 Å². The summed E-state index contributed by atoms with van der Waals surface area (Å²) in [7, 11) is 0. The lowest BCUT2D eigenvalue weighted by molar-refractivity contribution is -0.384. The van der Waals surface area contributed by atoms with Gasteiger partial charge in [-0.3, -0.25) is 24.9 Å². The first kappa shape index (κ1) is 15.4. The molecule has 0 saturated carbocycles. The van der Waals surface area contributed by atoms with E-state index < -0.39 is 22.3 Å². The number of aromatic amines is 2. The molecule has 1 atom stereocenters. The van der Waals surface area contributed by atoms with Crippen LogP contribution in [0.25, 0.3) is 0 Å². The summed E-state index contributed by atoms with van der Waals surface area (Å²) < 4.78 is 10.9. The summed E-state index contributed by atoms with van der Waals surface area (Å²) in [4.78, 5) is 40.6. The molecule has 130 valence electrons. The van der Waals surface area contributed by atoms with E-state index in [9.17, 15) is 19.7 Å². The molecule has 2 aromatic rings. The predicted octanol–water partition coefficient (Wildman–Crippen LogP) is 0.290. The molecule has 0 aliphatic carbocycles. The molecule has 1 fully saturated rings. The zero-order valence-electron chi connectivity index (χ0n) is 13.0. The first-order valence-electron chi connectivity index (χ1n) is 7.69. The maximum atomic E-state index is 12.1. The minimum atomic E-state index is -0.770. The van der Waals surface area contributed by atoms with Crippen LogP contribution in [0.2, 0.25) is 0 Å². The zero-order chi connectivity index (χ0) is 17.6. The lowest BCUT2D eigenvalue weighted by atomic mass is 9.96. The third-order valence-electron chi connectivity index (χ3n) is 4.30. The molecule has 0 bridgehead atoms. The Balaban J connectivity index is 1.82. The number of nitrogens with one attached hydrogen (secondary N) is 2. The van der Waals surface area contributed by atoms with Gasteiger partial charge in [-0.2, -0.15) is 0 Å². The number of non-ortho nitro benzene ring substituents is 1. The zero-order valence-corrected chi connectivity index (χ0v) is 13.0. The summed E-state index contributed by atoms with van der Waals surface area (Å²) in [5, 5.41) is 11.1. The standard InChI is InChI=1S/C15H14N4O6/c20-13-11-12(25-14(11)17-15(21)16-13)9-7-8(19(22)23)1-2-10(9)18-3-5-24-6-4-18/h1-2,7,12H,3-6H2,(H2,16,17,20,21)/t12-/m0/s1. The Morgan fingerprint density at radius 3 is 2.64 bits per heavy atom. The Bertz CT molecular complexity index is 959. The van der Waals surface area contributed by atoms with Crippen LogP contribution < -0.4 is 20.9 Å². The van der Waals surface area contributed by atoms with E-state index in [0.717, 1.165) is 5.69 Å². The number of nitrogens with zero attached hydrogens (tertiary/aromatic N) is 2. The Morgan fingerprint density at radius 2 is 1.96 bits per heavy atom. The summed E-state index contributed by atoms with van der Waals surface area (Å²) in [6, 6.07) is 4.48. The fourth-order valence-electron chi connectivity index (χ4n) is 3.10. The first-order valence-corrected chi connectivity index (χ1v) is 7.69. The molecule has 0 radical (unpaired) electrons. The summed E-state index contributed by atoms with van der Waals surface area (Å²) in [6.45, 7) is 2.36. The minimum absolute atomic E-state index is 0.0927. The highest BCUT2D eigenvalue weighted by molar-refractivity contribution is 5.62. The van der Waals surface area contributed by atoms with Crippen LogP contribution in [0.1, 0.15) is 17.2 Å². The normalized spacial score (nSPS) is 18.9. The van der Waals surface area contributed by atoms with Gasteiger partial charge in [-0.05, 0) is 6.07 Å². The Labute approximate surface area is 140 Å². The largest absolute Gasteiger partial charge is 0.465 e. The average molecular weight is 346 g/mol. The topological polar surface area (TPSA) is 131 Å². The highest BCUT2D eigenvalue weighted by Crippen LogP contribution is 2.43. The molecule has 2 aliphatic rings. The van der Waals surface area contributed by atoms with Crippen molar-refractivity contribution in [2.24, 2.45) is 0 Å². The molecule has 0 spiro atoms. The molecule has 2 aliphatic heterocycles. The number of benzene rings is 1. The van der Waals surface area contributed by atoms with Crippen LogP contribution >= 0.6 is 0 Å². The molecule has 0 unspecified atom stereocenters. The number of H-pyrrole nitrogens is 2. The Hall–Kier alpha value is -3.14. The second kappa shape index (κ2) is 5.74. The summed E-state index contributed by atoms with van der Waals surface area (Å²) in [5.41, 5.74) is 0.208. The number of hydrogen-bond acceptors (Lipinski definition) is 7. The highest BCUT2D eigenvalue weighted by Gasteiger charge is 2.37. The van der Waals surface area contributed by atoms with Gasteiger partial charge < -0.3 is 14.4 Å². The van der Waals surface area contributed by atoms with Gasteiger partial charge in [0.05, 0.1) is 18.1 Å². The van der Waals surface area contributed by atoms with Crippen molar-refractivity contribution in [1.82, 2.24) is 9.97 Å². The van der Waals surface area contributed by atoms with E-state index in [4.69, 9.17) is 9.47 Å². The van der Waals surface area contributed by atoms with Gasteiger partial charge in [-0.25, -0.2) is 4.79 Å². The van der Waals surface area contributed by atoms with Crippen LogP contribution in [0.15, 0.2) is 27.8 Å². The van der Waals surface area contributed by atoms with Gasteiger partial charge in [0.2, 0.25) is 5.88 Å². The van der Waals surface area contributed by atoms with E-state index in [1.165, 1.54) is 12.1 Å². The Kier molecular flexibility index (Phi) is 3.53. The number of nitro benzene ring substituents is 1. The smallest absolute Gasteiger partial charge is 0.328 e. The van der Waals surface area contributed by atoms with Gasteiger partial charge in [-0.15, -0.1) is 0 Å². The van der Waals surface area contributed by atoms with Gasteiger partial charge in [0, 0.05) is 36.5 Å². The van der Waals surface area contributed by atoms with Crippen molar-refractivity contribution in [2.75, 3.05) is 31.2 Å². The highest BCUT2D eigenvalue weighted by atomic mass is 16.6. The van der Waals surface area contributed by atoms with Crippen molar-refractivity contribution < 1.29 is 14.4 Å². The van der Waals surface area contributed by atoms with Crippen molar-refractivity contribution in [2.45, 2.75) is 6.10 Å². The fourth-order valence-corrected chi connectivity index (χ4v) is 3.10. The molecule has 1 saturated heterocycles. The number of anilines is 1. The van der Waals surface area contributed by atoms with Crippen molar-refractivity contribution in [3.8, 4) is 5.88 Å². The van der Waals surface area contributed by atoms with Gasteiger partial charge in [0.15, 0.2) is 6.10 Å². The first-order chi connectivity index (χ1) is 12.0. The van der Waals surface area contributed by atoms with E-state index in [-0.39, 0.29) is 17.1 Å². The van der Waals surface area contributed by atoms with Crippen molar-refractivity contribution in [3.05, 3.63) is 60.3 Å². The molecule has 1 aromatic heterocycles. The molecule has 3 heterocycles. The second-order valence-electron chi connectivity index (χ2n) is 5.75. The van der Waals surface area contributed by atoms with E-state index in [1.807, 2.05) is 4.90 Å². The van der Waals surface area contributed by atoms with Crippen LogP contribution in [-0.4, -0.2) is 41.2 Å². The molecule has 10 heteroatoms. The van der Waals surface area contributed by atoms with Gasteiger partial charge >= 0.3 is 5.69 Å². The molecule has 25 heavy (non-hydrogen) atoms. The van der Waals surface area contributed by atoms with Crippen LogP contribution in [0, 0.1) is 10.1 Å². The van der Waals surface area contributed by atoms with E-state index in [0.29, 0.717) is 31.9 Å². The number of rotatable bonds is 3. The summed E-state index contributed by atoms with van der Waals surface area (Å²) in [6.07, 6.45) is -0.770. The maximum Gasteiger partial charge on any atom is 0.328 e. The number of fused-ring (bicyclic) bond motifs is 1. The lowest BCUT2D eigenvalue weighted by Crippen LogP contribution is -2.39. The molecular formula is C15H14N4O6. The lowest BCUT2D eigenvalue weighted by Gasteiger charge is -2.35. The quantitative estimate of drug-likeness (QED) is 0.603. The van der Waals surface area contributed by atoms with Crippen molar-refractivity contribution in [1.29, 1.82) is 0 Å². The monoisotopic (exact) mass is 346 g/mol. The third-order valence-corrected chi connectivity index (χ3v) is 4.30. The van der Waals surface area contributed by atoms with Crippen LogP contribution in [0.5, 0.6) is 5.88 Å². The molecular weight excluding hydrogens is 332 g/mol. The number of aromatic nitrogens is 2. The molecule has 10 nitrogen and oxygen atoms in total. The van der Waals surface area contributed by atoms with E-state index in [1.54, 1.807) is 6.07 Å². The van der Waals surface area contributed by atoms with E-state index in [2.05, 4.69) is 9.97 Å². The predicted molar refractivity (Wildman–Crippen MR) is 86.3 cm³/mol. The maximum absolute atomic E-state index is 12.1. The van der Waals surface area contributed by atoms with Crippen LogP contribution in [0.4, 0.5) is 11.4 Å². The Morgan fingerprint density at radius 1 is 1.20 bits per heavy atom. The van der Waals surface area contributed by atoms with Crippen molar-refractivity contribution in [3.63, 3.8) is 0 Å². The molecule has 4 rings (SSSR count). The molecule has 2 N–H and O–H groups in total. The minimum Gasteiger partial charge on any atom is -0.465 e. The number of morpholine rings is 1. The molecule has 0 amide bonds. The fraction of sp³-hybridized carbons (Fsp3) is 0.333. The number of ether oxygens (including phenoxy) is 2. The van der Waals surface area contributed by atoms with Gasteiger partial charge in [0.1, 0.15) is 5.56 Å². The van der Waals surface area contributed by atoms with Gasteiger partial charge in [0.25, 0.3) is 11.2 Å². The second-order valence-corrected chi connectivity index (χ2v) is 5.75. The average Bonchev–Trinajstić information content (AvgIpc) is 2.57. The van der Waals surface area contributed by atoms with Crippen LogP contribution in [-0.2, 0) is 4.74 Å². The molecule has 1 aromatic carbocycles.